The Hall–Kier alpha value is -0.870. The van der Waals surface area contributed by atoms with Crippen LogP contribution in [0.4, 0.5) is 0 Å². The quantitative estimate of drug-likeness (QED) is 0.841. The van der Waals surface area contributed by atoms with Crippen LogP contribution in [0.15, 0.2) is 24.3 Å². The Bertz CT molecular complexity index is 437. The first-order chi connectivity index (χ1) is 7.87. The molecule has 3 nitrogen and oxygen atoms in total. The maximum Gasteiger partial charge on any atom is 0.147 e. The van der Waals surface area contributed by atoms with Gasteiger partial charge in [0.25, 0.3) is 0 Å². The molecule has 0 saturated heterocycles. The van der Waals surface area contributed by atoms with Crippen molar-refractivity contribution in [1.82, 2.24) is 0 Å². The second-order valence-corrected chi connectivity index (χ2v) is 6.96. The van der Waals surface area contributed by atoms with Crippen LogP contribution in [-0.2, 0) is 16.3 Å². The topological polar surface area (TPSA) is 60.2 Å². The Morgan fingerprint density at radius 1 is 1.18 bits per heavy atom. The molecule has 1 aromatic carbocycles. The van der Waals surface area contributed by atoms with Crippen LogP contribution in [0.25, 0.3) is 0 Å². The molecule has 0 fully saturated rings. The van der Waals surface area contributed by atoms with Gasteiger partial charge in [0.05, 0.1) is 5.75 Å². The third-order valence-corrected chi connectivity index (χ3v) is 3.76. The molecule has 0 aliphatic rings. The van der Waals surface area contributed by atoms with Crippen molar-refractivity contribution in [3.63, 3.8) is 0 Å². The summed E-state index contributed by atoms with van der Waals surface area (Å²) in [5, 5.41) is 0. The summed E-state index contributed by atoms with van der Waals surface area (Å²) >= 11 is 0. The largest absolute Gasteiger partial charge is 0.328 e. The molecule has 4 heteroatoms. The molecular formula is C13H21NO2S. The molecule has 0 amide bonds. The Kier molecular flexibility index (Phi) is 5.15. The molecule has 0 radical (unpaired) electrons. The van der Waals surface area contributed by atoms with Crippen LogP contribution < -0.4 is 5.73 Å². The lowest BCUT2D eigenvalue weighted by atomic mass is 10.0. The summed E-state index contributed by atoms with van der Waals surface area (Å²) in [6.07, 6.45) is 3.54. The van der Waals surface area contributed by atoms with Crippen LogP contribution in [0.1, 0.15) is 24.0 Å². The zero-order valence-electron chi connectivity index (χ0n) is 10.5. The van der Waals surface area contributed by atoms with Crippen molar-refractivity contribution in [2.45, 2.75) is 32.2 Å². The van der Waals surface area contributed by atoms with Gasteiger partial charge >= 0.3 is 0 Å². The van der Waals surface area contributed by atoms with E-state index in [-0.39, 0.29) is 11.8 Å². The fraction of sp³-hybridized carbons (Fsp3) is 0.538. The summed E-state index contributed by atoms with van der Waals surface area (Å²) in [7, 11) is -2.89. The molecule has 0 aromatic heterocycles. The summed E-state index contributed by atoms with van der Waals surface area (Å²) in [5.74, 6) is 0.183. The second kappa shape index (κ2) is 6.17. The third-order valence-electron chi connectivity index (χ3n) is 2.78. The molecule has 0 saturated carbocycles. The van der Waals surface area contributed by atoms with Crippen molar-refractivity contribution in [3.8, 4) is 0 Å². The van der Waals surface area contributed by atoms with Gasteiger partial charge in [0.1, 0.15) is 9.84 Å². The van der Waals surface area contributed by atoms with E-state index in [1.807, 2.05) is 0 Å². The molecule has 0 heterocycles. The van der Waals surface area contributed by atoms with Gasteiger partial charge in [-0.25, -0.2) is 8.42 Å². The monoisotopic (exact) mass is 255 g/mol. The summed E-state index contributed by atoms with van der Waals surface area (Å²) in [6, 6.07) is 8.32. The van der Waals surface area contributed by atoms with E-state index in [0.29, 0.717) is 6.42 Å². The minimum atomic E-state index is -2.89. The molecule has 0 bridgehead atoms. The van der Waals surface area contributed by atoms with E-state index in [1.54, 1.807) is 0 Å². The molecule has 1 aromatic rings. The van der Waals surface area contributed by atoms with Gasteiger partial charge in [-0.3, -0.25) is 0 Å². The lowest BCUT2D eigenvalue weighted by Crippen LogP contribution is -2.24. The summed E-state index contributed by atoms with van der Waals surface area (Å²) < 4.78 is 22.0. The van der Waals surface area contributed by atoms with Gasteiger partial charge in [-0.15, -0.1) is 0 Å². The zero-order valence-corrected chi connectivity index (χ0v) is 11.3. The number of rotatable bonds is 6. The van der Waals surface area contributed by atoms with Crippen molar-refractivity contribution in [2.24, 2.45) is 5.73 Å². The Morgan fingerprint density at radius 2 is 1.76 bits per heavy atom. The predicted molar refractivity (Wildman–Crippen MR) is 71.8 cm³/mol. The van der Waals surface area contributed by atoms with Crippen LogP contribution >= 0.6 is 0 Å². The zero-order chi connectivity index (χ0) is 12.9. The second-order valence-electron chi connectivity index (χ2n) is 4.70. The van der Waals surface area contributed by atoms with Gasteiger partial charge in [0, 0.05) is 12.3 Å². The van der Waals surface area contributed by atoms with Crippen LogP contribution in [0.5, 0.6) is 0 Å². The third kappa shape index (κ3) is 6.44. The molecule has 1 rings (SSSR count). The fourth-order valence-corrected chi connectivity index (χ4v) is 2.35. The van der Waals surface area contributed by atoms with Crippen LogP contribution in [0.3, 0.4) is 0 Å². The normalized spacial score (nSPS) is 13.6. The first-order valence-electron chi connectivity index (χ1n) is 5.86. The Labute approximate surface area is 104 Å². The van der Waals surface area contributed by atoms with E-state index in [1.165, 1.54) is 17.4 Å². The van der Waals surface area contributed by atoms with E-state index in [0.717, 1.165) is 12.8 Å². The molecule has 0 aliphatic heterocycles. The lowest BCUT2D eigenvalue weighted by molar-refractivity contribution is 0.571. The highest BCUT2D eigenvalue weighted by Gasteiger charge is 2.08. The van der Waals surface area contributed by atoms with Crippen molar-refractivity contribution in [2.75, 3.05) is 12.0 Å². The molecule has 1 unspecified atom stereocenters. The van der Waals surface area contributed by atoms with E-state index in [4.69, 9.17) is 5.73 Å². The van der Waals surface area contributed by atoms with Gasteiger partial charge in [0.2, 0.25) is 0 Å². The molecule has 0 aliphatic carbocycles. The van der Waals surface area contributed by atoms with Crippen molar-refractivity contribution in [1.29, 1.82) is 0 Å². The highest BCUT2D eigenvalue weighted by atomic mass is 32.2. The van der Waals surface area contributed by atoms with Gasteiger partial charge in [0.15, 0.2) is 0 Å². The smallest absolute Gasteiger partial charge is 0.147 e. The number of hydrogen-bond acceptors (Lipinski definition) is 3. The van der Waals surface area contributed by atoms with Crippen molar-refractivity contribution < 1.29 is 8.42 Å². The van der Waals surface area contributed by atoms with Crippen LogP contribution in [-0.4, -0.2) is 26.5 Å². The van der Waals surface area contributed by atoms with Gasteiger partial charge in [-0.2, -0.15) is 0 Å². The molecule has 1 atom stereocenters. The molecular weight excluding hydrogens is 234 g/mol. The van der Waals surface area contributed by atoms with E-state index in [2.05, 4.69) is 31.2 Å². The molecule has 0 spiro atoms. The van der Waals surface area contributed by atoms with Crippen molar-refractivity contribution in [3.05, 3.63) is 35.4 Å². The number of nitrogens with two attached hydrogens (primary N) is 1. The van der Waals surface area contributed by atoms with Gasteiger partial charge < -0.3 is 5.73 Å². The van der Waals surface area contributed by atoms with E-state index in [9.17, 15) is 8.42 Å². The highest BCUT2D eigenvalue weighted by Crippen LogP contribution is 2.08. The van der Waals surface area contributed by atoms with Gasteiger partial charge in [-0.1, -0.05) is 29.8 Å². The standard InChI is InChI=1S/C13H21NO2S/c1-11-3-5-12(6-4-11)7-8-13(14)9-10-17(2,15)16/h3-6,13H,7-10,14H2,1-2H3. The first kappa shape index (κ1) is 14.2. The van der Waals surface area contributed by atoms with Crippen LogP contribution in [0.2, 0.25) is 0 Å². The van der Waals surface area contributed by atoms with Crippen molar-refractivity contribution >= 4 is 9.84 Å². The van der Waals surface area contributed by atoms with E-state index < -0.39 is 9.84 Å². The molecule has 96 valence electrons. The minimum Gasteiger partial charge on any atom is -0.328 e. The first-order valence-corrected chi connectivity index (χ1v) is 7.92. The fourth-order valence-electron chi connectivity index (χ4n) is 1.62. The summed E-state index contributed by atoms with van der Waals surface area (Å²) in [5.41, 5.74) is 8.39. The average molecular weight is 255 g/mol. The maximum atomic E-state index is 11.0. The number of aryl methyl sites for hydroxylation is 2. The Morgan fingerprint density at radius 3 is 2.29 bits per heavy atom. The van der Waals surface area contributed by atoms with E-state index >= 15 is 0 Å². The molecule has 17 heavy (non-hydrogen) atoms. The highest BCUT2D eigenvalue weighted by molar-refractivity contribution is 7.90. The number of sulfone groups is 1. The average Bonchev–Trinajstić information content (AvgIpc) is 2.25. The number of benzene rings is 1. The summed E-state index contributed by atoms with van der Waals surface area (Å²) in [6.45, 7) is 2.06. The predicted octanol–water partition coefficient (Wildman–Crippen LogP) is 1.69. The molecule has 2 N–H and O–H groups in total. The summed E-state index contributed by atoms with van der Waals surface area (Å²) in [4.78, 5) is 0. The lowest BCUT2D eigenvalue weighted by Gasteiger charge is -2.10. The maximum absolute atomic E-state index is 11.0. The SMILES string of the molecule is Cc1ccc(CCC(N)CCS(C)(=O)=O)cc1. The van der Waals surface area contributed by atoms with Crippen LogP contribution in [0, 0.1) is 6.92 Å². The minimum absolute atomic E-state index is 0.0361. The Balaban J connectivity index is 2.33. The number of hydrogen-bond donors (Lipinski definition) is 1. The van der Waals surface area contributed by atoms with Gasteiger partial charge in [-0.05, 0) is 31.7 Å².